The lowest BCUT2D eigenvalue weighted by atomic mass is 10.1. The number of piperidine rings is 1. The summed E-state index contributed by atoms with van der Waals surface area (Å²) >= 11 is 0. The Morgan fingerprint density at radius 3 is 2.37 bits per heavy atom. The van der Waals surface area contributed by atoms with Gasteiger partial charge in [-0.25, -0.2) is 8.42 Å². The van der Waals surface area contributed by atoms with E-state index in [1.807, 2.05) is 13.0 Å². The third kappa shape index (κ3) is 4.14. The molecule has 0 saturated carbocycles. The Morgan fingerprint density at radius 1 is 1.00 bits per heavy atom. The molecule has 2 aromatic rings. The van der Waals surface area contributed by atoms with E-state index in [9.17, 15) is 13.2 Å². The zero-order valence-electron chi connectivity index (χ0n) is 15.7. The van der Waals surface area contributed by atoms with Crippen LogP contribution in [0.2, 0.25) is 0 Å². The predicted molar refractivity (Wildman–Crippen MR) is 107 cm³/mol. The molecule has 1 fully saturated rings. The number of carbonyl (C=O) groups is 1. The van der Waals surface area contributed by atoms with Crippen LogP contribution in [-0.2, 0) is 10.0 Å². The van der Waals surface area contributed by atoms with Gasteiger partial charge in [0.15, 0.2) is 0 Å². The monoisotopic (exact) mass is 387 g/mol. The molecule has 0 atom stereocenters. The van der Waals surface area contributed by atoms with Crippen molar-refractivity contribution in [1.82, 2.24) is 4.31 Å². The van der Waals surface area contributed by atoms with E-state index in [0.717, 1.165) is 24.8 Å². The summed E-state index contributed by atoms with van der Waals surface area (Å²) in [5.74, 6) is -0.350. The number of nitrogens with two attached hydrogens (primary N) is 1. The summed E-state index contributed by atoms with van der Waals surface area (Å²) in [6.07, 6.45) is 2.79. The van der Waals surface area contributed by atoms with Crippen LogP contribution in [0.1, 0.15) is 40.7 Å². The number of carbonyl (C=O) groups excluding carboxylic acids is 1. The van der Waals surface area contributed by atoms with E-state index in [4.69, 9.17) is 5.73 Å². The molecular weight excluding hydrogens is 362 g/mol. The topological polar surface area (TPSA) is 92.5 Å². The van der Waals surface area contributed by atoms with Crippen molar-refractivity contribution in [2.75, 3.05) is 24.1 Å². The number of rotatable bonds is 4. The minimum Gasteiger partial charge on any atom is -0.399 e. The Balaban J connectivity index is 1.91. The molecule has 3 rings (SSSR count). The second kappa shape index (κ2) is 7.70. The van der Waals surface area contributed by atoms with Crippen LogP contribution in [0.5, 0.6) is 0 Å². The Labute approximate surface area is 160 Å². The molecule has 6 nitrogen and oxygen atoms in total. The molecule has 3 N–H and O–H groups in total. The number of nitrogens with one attached hydrogen (secondary N) is 1. The first-order valence-corrected chi connectivity index (χ1v) is 10.5. The van der Waals surface area contributed by atoms with Gasteiger partial charge in [-0.15, -0.1) is 0 Å². The Bertz CT molecular complexity index is 964. The molecule has 0 unspecified atom stereocenters. The molecule has 1 saturated heterocycles. The van der Waals surface area contributed by atoms with Gasteiger partial charge >= 0.3 is 0 Å². The van der Waals surface area contributed by atoms with Gasteiger partial charge in [-0.3, -0.25) is 4.79 Å². The van der Waals surface area contributed by atoms with E-state index >= 15 is 0 Å². The average molecular weight is 388 g/mol. The van der Waals surface area contributed by atoms with E-state index < -0.39 is 10.0 Å². The number of nitrogens with zero attached hydrogens (tertiary/aromatic N) is 1. The number of aryl methyl sites for hydroxylation is 2. The molecule has 7 heteroatoms. The highest BCUT2D eigenvalue weighted by Gasteiger charge is 2.27. The van der Waals surface area contributed by atoms with Gasteiger partial charge in [-0.05, 0) is 62.1 Å². The van der Waals surface area contributed by atoms with Crippen molar-refractivity contribution in [1.29, 1.82) is 0 Å². The van der Waals surface area contributed by atoms with Crippen molar-refractivity contribution < 1.29 is 13.2 Å². The maximum Gasteiger partial charge on any atom is 0.255 e. The van der Waals surface area contributed by atoms with E-state index in [2.05, 4.69) is 5.32 Å². The first-order valence-electron chi connectivity index (χ1n) is 9.07. The molecule has 0 spiro atoms. The summed E-state index contributed by atoms with van der Waals surface area (Å²) < 4.78 is 27.3. The fraction of sp³-hybridized carbons (Fsp3) is 0.350. The van der Waals surface area contributed by atoms with E-state index in [1.165, 1.54) is 10.4 Å². The van der Waals surface area contributed by atoms with Crippen LogP contribution in [0.25, 0.3) is 0 Å². The van der Waals surface area contributed by atoms with Gasteiger partial charge < -0.3 is 11.1 Å². The van der Waals surface area contributed by atoms with Gasteiger partial charge in [0.2, 0.25) is 10.0 Å². The van der Waals surface area contributed by atoms with Crippen molar-refractivity contribution >= 4 is 27.3 Å². The summed E-state index contributed by atoms with van der Waals surface area (Å²) in [5.41, 5.74) is 8.90. The van der Waals surface area contributed by atoms with E-state index in [1.54, 1.807) is 31.2 Å². The lowest BCUT2D eigenvalue weighted by Crippen LogP contribution is -2.35. The fourth-order valence-corrected chi connectivity index (χ4v) is 4.77. The van der Waals surface area contributed by atoms with Gasteiger partial charge in [0.25, 0.3) is 5.91 Å². The van der Waals surface area contributed by atoms with Crippen LogP contribution in [0.15, 0.2) is 41.3 Å². The first-order chi connectivity index (χ1) is 12.8. The summed E-state index contributed by atoms with van der Waals surface area (Å²) in [5, 5.41) is 2.84. The zero-order chi connectivity index (χ0) is 19.6. The Hall–Kier alpha value is -2.38. The van der Waals surface area contributed by atoms with E-state index in [0.29, 0.717) is 35.6 Å². The third-order valence-corrected chi connectivity index (χ3v) is 6.81. The highest BCUT2D eigenvalue weighted by molar-refractivity contribution is 7.89. The quantitative estimate of drug-likeness (QED) is 0.787. The minimum atomic E-state index is -3.59. The van der Waals surface area contributed by atoms with Crippen molar-refractivity contribution in [3.63, 3.8) is 0 Å². The lowest BCUT2D eigenvalue weighted by Gasteiger charge is -2.26. The second-order valence-corrected chi connectivity index (χ2v) is 8.91. The largest absolute Gasteiger partial charge is 0.399 e. The number of benzene rings is 2. The highest BCUT2D eigenvalue weighted by Crippen LogP contribution is 2.24. The molecule has 1 amide bonds. The van der Waals surface area contributed by atoms with Crippen LogP contribution in [0, 0.1) is 13.8 Å². The van der Waals surface area contributed by atoms with Crippen LogP contribution in [0.3, 0.4) is 0 Å². The molecule has 1 heterocycles. The van der Waals surface area contributed by atoms with E-state index in [-0.39, 0.29) is 10.8 Å². The van der Waals surface area contributed by atoms with Gasteiger partial charge in [0.05, 0.1) is 4.90 Å². The maximum atomic E-state index is 12.9. The normalized spacial score (nSPS) is 15.5. The molecule has 144 valence electrons. The standard InChI is InChI=1S/C20H25N3O3S/c1-14-7-9-17(27(25,26)23-10-4-3-5-11-23)13-18(14)20(24)22-19-12-16(21)8-6-15(19)2/h6-9,12-13H,3-5,10-11,21H2,1-2H3,(H,22,24). The Kier molecular flexibility index (Phi) is 5.53. The second-order valence-electron chi connectivity index (χ2n) is 6.97. The number of amides is 1. The first kappa shape index (κ1) is 19.4. The zero-order valence-corrected chi connectivity index (χ0v) is 16.5. The van der Waals surface area contributed by atoms with Crippen molar-refractivity contribution in [3.8, 4) is 0 Å². The predicted octanol–water partition coefficient (Wildman–Crippen LogP) is 3.31. The van der Waals surface area contributed by atoms with Crippen LogP contribution < -0.4 is 11.1 Å². The summed E-state index contributed by atoms with van der Waals surface area (Å²) in [6.45, 7) is 4.72. The van der Waals surface area contributed by atoms with Crippen molar-refractivity contribution in [2.45, 2.75) is 38.0 Å². The summed E-state index contributed by atoms with van der Waals surface area (Å²) in [6, 6.07) is 10.0. The summed E-state index contributed by atoms with van der Waals surface area (Å²) in [7, 11) is -3.59. The van der Waals surface area contributed by atoms with Crippen LogP contribution in [-0.4, -0.2) is 31.7 Å². The highest BCUT2D eigenvalue weighted by atomic mass is 32.2. The number of hydrogen-bond donors (Lipinski definition) is 2. The lowest BCUT2D eigenvalue weighted by molar-refractivity contribution is 0.102. The fourth-order valence-electron chi connectivity index (χ4n) is 3.22. The number of nitrogen functional groups attached to an aromatic ring is 1. The van der Waals surface area contributed by atoms with Crippen molar-refractivity contribution in [2.24, 2.45) is 0 Å². The number of sulfonamides is 1. The third-order valence-electron chi connectivity index (χ3n) is 4.92. The molecule has 0 aliphatic carbocycles. The number of anilines is 2. The van der Waals surface area contributed by atoms with Gasteiger partial charge in [-0.1, -0.05) is 18.6 Å². The molecule has 2 aromatic carbocycles. The van der Waals surface area contributed by atoms with Crippen LogP contribution in [0.4, 0.5) is 11.4 Å². The molecule has 0 radical (unpaired) electrons. The Morgan fingerprint density at radius 2 is 1.67 bits per heavy atom. The minimum absolute atomic E-state index is 0.157. The molecule has 1 aliphatic rings. The SMILES string of the molecule is Cc1ccc(N)cc1NC(=O)c1cc(S(=O)(=O)N2CCCCC2)ccc1C. The molecule has 27 heavy (non-hydrogen) atoms. The molecule has 0 aromatic heterocycles. The average Bonchev–Trinajstić information content (AvgIpc) is 2.65. The van der Waals surface area contributed by atoms with Gasteiger partial charge in [-0.2, -0.15) is 4.31 Å². The van der Waals surface area contributed by atoms with Crippen molar-refractivity contribution in [3.05, 3.63) is 53.1 Å². The molecule has 1 aliphatic heterocycles. The van der Waals surface area contributed by atoms with Gasteiger partial charge in [0.1, 0.15) is 0 Å². The van der Waals surface area contributed by atoms with Crippen LogP contribution >= 0.6 is 0 Å². The molecule has 0 bridgehead atoms. The smallest absolute Gasteiger partial charge is 0.255 e. The van der Waals surface area contributed by atoms with Gasteiger partial charge in [0, 0.05) is 30.0 Å². The summed E-state index contributed by atoms with van der Waals surface area (Å²) in [4.78, 5) is 13.0. The maximum absolute atomic E-state index is 12.9. The molecular formula is C20H25N3O3S. The number of hydrogen-bond acceptors (Lipinski definition) is 4.